The lowest BCUT2D eigenvalue weighted by Crippen LogP contribution is -3.20. The van der Waals surface area contributed by atoms with E-state index in [1.165, 1.54) is 7.11 Å². The number of methoxy groups -OCH3 is 1. The third-order valence-electron chi connectivity index (χ3n) is 3.74. The molecule has 1 aliphatic rings. The van der Waals surface area contributed by atoms with Crippen LogP contribution >= 0.6 is 0 Å². The molecular weight excluding hydrogens is 324 g/mol. The minimum Gasteiger partial charge on any atom is -0.469 e. The zero-order chi connectivity index (χ0) is 17.7. The molecule has 1 saturated heterocycles. The molecule has 3 N–H and O–H groups in total. The fraction of sp³-hybridized carbons (Fsp3) is 0.400. The van der Waals surface area contributed by atoms with Crippen LogP contribution in [-0.4, -0.2) is 50.6 Å². The van der Waals surface area contributed by atoms with E-state index >= 15 is 0 Å². The minimum absolute atomic E-state index is 0.162. The second-order valence-corrected chi connectivity index (χ2v) is 5.38. The van der Waals surface area contributed by atoms with E-state index in [1.54, 1.807) is 0 Å². The van der Waals surface area contributed by atoms with Gasteiger partial charge in [0.1, 0.15) is 18.1 Å². The number of anilines is 1. The van der Waals surface area contributed by atoms with Crippen LogP contribution in [0.15, 0.2) is 18.2 Å². The molecule has 1 unspecified atom stereocenters. The minimum atomic E-state index is -0.769. The van der Waals surface area contributed by atoms with Crippen molar-refractivity contribution in [1.29, 1.82) is 0 Å². The van der Waals surface area contributed by atoms with Crippen LogP contribution < -0.4 is 15.5 Å². The van der Waals surface area contributed by atoms with Gasteiger partial charge in [-0.2, -0.15) is 0 Å². The number of hydrogen-bond donors (Lipinski definition) is 3. The van der Waals surface area contributed by atoms with Crippen molar-refractivity contribution < 1.29 is 32.8 Å². The van der Waals surface area contributed by atoms with Crippen molar-refractivity contribution in [3.63, 3.8) is 0 Å². The highest BCUT2D eigenvalue weighted by Gasteiger charge is 2.36. The maximum atomic E-state index is 13.6. The normalized spacial score (nSPS) is 20.2. The molecule has 1 aromatic carbocycles. The number of amides is 2. The Hall–Kier alpha value is -2.55. The van der Waals surface area contributed by atoms with Crippen molar-refractivity contribution in [3.8, 4) is 0 Å². The maximum absolute atomic E-state index is 13.6. The van der Waals surface area contributed by atoms with Crippen LogP contribution in [0, 0.1) is 11.6 Å². The van der Waals surface area contributed by atoms with Crippen LogP contribution in [0.2, 0.25) is 0 Å². The van der Waals surface area contributed by atoms with Crippen LogP contribution in [0.5, 0.6) is 0 Å². The number of carbonyl (C=O) groups excluding carboxylic acids is 3. The average molecular weight is 342 g/mol. The molecule has 0 saturated carbocycles. The van der Waals surface area contributed by atoms with Crippen molar-refractivity contribution in [3.05, 3.63) is 29.8 Å². The standard InChI is InChI=1S/C15H17F2N3O4/c1-24-14(22)7-12-15(23)18-4-5-20(12)8-13(21)19-11-6-9(16)2-3-10(11)17/h2-3,6,12H,4-5,7-8H2,1H3,(H,18,23)(H,19,21)/p+1/t12-/m1/s1. The molecule has 130 valence electrons. The Bertz CT molecular complexity index is 654. The van der Waals surface area contributed by atoms with E-state index in [1.807, 2.05) is 0 Å². The van der Waals surface area contributed by atoms with E-state index in [2.05, 4.69) is 15.4 Å². The van der Waals surface area contributed by atoms with Gasteiger partial charge in [-0.25, -0.2) is 8.78 Å². The smallest absolute Gasteiger partial charge is 0.312 e. The Morgan fingerprint density at radius 3 is 2.88 bits per heavy atom. The summed E-state index contributed by atoms with van der Waals surface area (Å²) in [6.07, 6.45) is -0.167. The van der Waals surface area contributed by atoms with E-state index in [9.17, 15) is 23.2 Å². The number of nitrogens with one attached hydrogen (secondary N) is 3. The van der Waals surface area contributed by atoms with Crippen molar-refractivity contribution in [2.24, 2.45) is 0 Å². The first-order valence-electron chi connectivity index (χ1n) is 7.34. The fourth-order valence-electron chi connectivity index (χ4n) is 2.52. The number of carbonyl (C=O) groups is 3. The fourth-order valence-corrected chi connectivity index (χ4v) is 2.52. The van der Waals surface area contributed by atoms with Gasteiger partial charge in [-0.15, -0.1) is 0 Å². The van der Waals surface area contributed by atoms with E-state index in [-0.39, 0.29) is 24.6 Å². The molecule has 1 aliphatic heterocycles. The molecule has 1 fully saturated rings. The highest BCUT2D eigenvalue weighted by molar-refractivity contribution is 5.92. The summed E-state index contributed by atoms with van der Waals surface area (Å²) in [5, 5.41) is 4.90. The van der Waals surface area contributed by atoms with Gasteiger partial charge in [0.2, 0.25) is 0 Å². The number of rotatable bonds is 5. The predicted molar refractivity (Wildman–Crippen MR) is 79.1 cm³/mol. The molecule has 1 heterocycles. The van der Waals surface area contributed by atoms with Gasteiger partial charge in [0.05, 0.1) is 25.9 Å². The summed E-state index contributed by atoms with van der Waals surface area (Å²) >= 11 is 0. The molecule has 7 nitrogen and oxygen atoms in total. The first-order chi connectivity index (χ1) is 11.4. The maximum Gasteiger partial charge on any atom is 0.312 e. The third kappa shape index (κ3) is 4.48. The highest BCUT2D eigenvalue weighted by atomic mass is 19.1. The van der Waals surface area contributed by atoms with E-state index in [0.717, 1.165) is 18.2 Å². The summed E-state index contributed by atoms with van der Waals surface area (Å²) in [4.78, 5) is 36.0. The molecular formula is C15H18F2N3O4+. The Morgan fingerprint density at radius 2 is 2.17 bits per heavy atom. The molecule has 24 heavy (non-hydrogen) atoms. The first kappa shape index (κ1) is 17.8. The summed E-state index contributed by atoms with van der Waals surface area (Å²) in [6.45, 7) is 0.616. The van der Waals surface area contributed by atoms with Crippen molar-refractivity contribution in [1.82, 2.24) is 5.32 Å². The number of halogens is 2. The number of ether oxygens (including phenoxy) is 1. The first-order valence-corrected chi connectivity index (χ1v) is 7.34. The Morgan fingerprint density at radius 1 is 1.42 bits per heavy atom. The Kier molecular flexibility index (Phi) is 5.80. The second-order valence-electron chi connectivity index (χ2n) is 5.38. The monoisotopic (exact) mass is 342 g/mol. The van der Waals surface area contributed by atoms with Crippen LogP contribution in [0.1, 0.15) is 6.42 Å². The number of hydrogen-bond acceptors (Lipinski definition) is 4. The lowest BCUT2D eigenvalue weighted by molar-refractivity contribution is -0.909. The summed E-state index contributed by atoms with van der Waals surface area (Å²) in [7, 11) is 1.21. The topological polar surface area (TPSA) is 88.9 Å². The summed E-state index contributed by atoms with van der Waals surface area (Å²) in [5.74, 6) is -2.95. The van der Waals surface area contributed by atoms with Crippen LogP contribution in [0.25, 0.3) is 0 Å². The van der Waals surface area contributed by atoms with Crippen molar-refractivity contribution in [2.75, 3.05) is 32.1 Å². The quantitative estimate of drug-likeness (QED) is 0.590. The van der Waals surface area contributed by atoms with E-state index in [4.69, 9.17) is 0 Å². The van der Waals surface area contributed by atoms with Gasteiger partial charge < -0.3 is 20.3 Å². The summed E-state index contributed by atoms with van der Waals surface area (Å²) < 4.78 is 31.2. The van der Waals surface area contributed by atoms with Gasteiger partial charge in [0.25, 0.3) is 11.8 Å². The molecule has 2 rings (SSSR count). The summed E-state index contributed by atoms with van der Waals surface area (Å²) in [5.41, 5.74) is -0.273. The Balaban J connectivity index is 2.03. The van der Waals surface area contributed by atoms with Gasteiger partial charge in [0, 0.05) is 6.07 Å². The van der Waals surface area contributed by atoms with E-state index < -0.39 is 29.6 Å². The predicted octanol–water partition coefficient (Wildman–Crippen LogP) is -1.15. The van der Waals surface area contributed by atoms with Gasteiger partial charge in [-0.05, 0) is 12.1 Å². The van der Waals surface area contributed by atoms with Crippen LogP contribution in [0.4, 0.5) is 14.5 Å². The molecule has 0 aliphatic carbocycles. The van der Waals surface area contributed by atoms with Gasteiger partial charge in [0.15, 0.2) is 12.6 Å². The number of piperazine rings is 1. The molecule has 0 spiro atoms. The third-order valence-corrected chi connectivity index (χ3v) is 3.74. The molecule has 0 bridgehead atoms. The Labute approximate surface area is 136 Å². The molecule has 0 radical (unpaired) electrons. The molecule has 9 heteroatoms. The van der Waals surface area contributed by atoms with Crippen LogP contribution in [0.3, 0.4) is 0 Å². The van der Waals surface area contributed by atoms with Crippen molar-refractivity contribution in [2.45, 2.75) is 12.5 Å². The zero-order valence-electron chi connectivity index (χ0n) is 13.0. The van der Waals surface area contributed by atoms with Crippen LogP contribution in [-0.2, 0) is 19.1 Å². The average Bonchev–Trinajstić information content (AvgIpc) is 2.54. The molecule has 2 atom stereocenters. The lowest BCUT2D eigenvalue weighted by Gasteiger charge is -2.30. The summed E-state index contributed by atoms with van der Waals surface area (Å²) in [6, 6.07) is 1.95. The van der Waals surface area contributed by atoms with Gasteiger partial charge >= 0.3 is 5.97 Å². The second kappa shape index (κ2) is 7.82. The molecule has 1 aromatic rings. The van der Waals surface area contributed by atoms with Crippen molar-refractivity contribution >= 4 is 23.5 Å². The SMILES string of the molecule is COC(=O)C[C@@H]1C(=O)NCC[NH+]1CC(=O)Nc1cc(F)ccc1F. The molecule has 2 amide bonds. The van der Waals surface area contributed by atoms with E-state index in [0.29, 0.717) is 18.0 Å². The van der Waals surface area contributed by atoms with Gasteiger partial charge in [-0.3, -0.25) is 14.4 Å². The lowest BCUT2D eigenvalue weighted by atomic mass is 10.1. The zero-order valence-corrected chi connectivity index (χ0v) is 13.0. The molecule has 0 aromatic heterocycles. The van der Waals surface area contributed by atoms with Gasteiger partial charge in [-0.1, -0.05) is 0 Å². The number of quaternary nitrogens is 1. The number of esters is 1. The highest BCUT2D eigenvalue weighted by Crippen LogP contribution is 2.14. The number of benzene rings is 1. The largest absolute Gasteiger partial charge is 0.469 e.